The number of ether oxygens (including phenoxy) is 1. The number of amides is 1. The van der Waals surface area contributed by atoms with Crippen LogP contribution in [-0.4, -0.2) is 36.7 Å². The van der Waals surface area contributed by atoms with Crippen molar-refractivity contribution in [2.24, 2.45) is 11.3 Å². The summed E-state index contributed by atoms with van der Waals surface area (Å²) in [6, 6.07) is 9.85. The van der Waals surface area contributed by atoms with Gasteiger partial charge in [0.1, 0.15) is 5.75 Å². The van der Waals surface area contributed by atoms with Gasteiger partial charge in [0.2, 0.25) is 0 Å². The van der Waals surface area contributed by atoms with Gasteiger partial charge in [-0.2, -0.15) is 0 Å². The highest BCUT2D eigenvalue weighted by Crippen LogP contribution is 2.52. The summed E-state index contributed by atoms with van der Waals surface area (Å²) in [5.41, 5.74) is 0.325. The van der Waals surface area contributed by atoms with E-state index in [0.717, 1.165) is 26.1 Å². The van der Waals surface area contributed by atoms with E-state index < -0.39 is 0 Å². The highest BCUT2D eigenvalue weighted by atomic mass is 16.6. The third-order valence-corrected chi connectivity index (χ3v) is 6.18. The molecule has 0 aromatic heterocycles. The van der Waals surface area contributed by atoms with E-state index in [2.05, 4.69) is 10.2 Å². The topological polar surface area (TPSA) is 41.6 Å². The molecule has 2 saturated heterocycles. The fraction of sp³-hybridized carbons (Fsp3) is 0.632. The number of piperidine rings is 1. The van der Waals surface area contributed by atoms with Crippen LogP contribution in [-0.2, 0) is 0 Å². The lowest BCUT2D eigenvalue weighted by Gasteiger charge is -2.41. The van der Waals surface area contributed by atoms with Crippen LogP contribution in [0.3, 0.4) is 0 Å². The molecule has 4 nitrogen and oxygen atoms in total. The summed E-state index contributed by atoms with van der Waals surface area (Å²) in [4.78, 5) is 14.8. The van der Waals surface area contributed by atoms with Crippen LogP contribution in [0.5, 0.6) is 5.75 Å². The molecule has 1 aliphatic carbocycles. The first-order chi connectivity index (χ1) is 11.3. The zero-order valence-corrected chi connectivity index (χ0v) is 13.7. The van der Waals surface area contributed by atoms with E-state index in [4.69, 9.17) is 4.74 Å². The Kier molecular flexibility index (Phi) is 4.02. The van der Waals surface area contributed by atoms with Crippen molar-refractivity contribution in [1.82, 2.24) is 10.2 Å². The fourth-order valence-corrected chi connectivity index (χ4v) is 5.07. The second kappa shape index (κ2) is 6.16. The third-order valence-electron chi connectivity index (χ3n) is 6.18. The van der Waals surface area contributed by atoms with Crippen molar-refractivity contribution in [3.8, 4) is 5.75 Å². The van der Waals surface area contributed by atoms with E-state index >= 15 is 0 Å². The van der Waals surface area contributed by atoms with Crippen LogP contribution in [0.1, 0.15) is 38.5 Å². The molecule has 1 amide bonds. The Morgan fingerprint density at radius 2 is 1.87 bits per heavy atom. The van der Waals surface area contributed by atoms with Crippen molar-refractivity contribution in [3.05, 3.63) is 30.3 Å². The van der Waals surface area contributed by atoms with E-state index in [1.807, 2.05) is 30.3 Å². The zero-order valence-electron chi connectivity index (χ0n) is 13.7. The van der Waals surface area contributed by atoms with Crippen LogP contribution >= 0.6 is 0 Å². The van der Waals surface area contributed by atoms with Gasteiger partial charge in [-0.3, -0.25) is 0 Å². The first-order valence-corrected chi connectivity index (χ1v) is 9.03. The van der Waals surface area contributed by atoms with Crippen LogP contribution < -0.4 is 10.1 Å². The van der Waals surface area contributed by atoms with E-state index in [1.165, 1.54) is 32.1 Å². The minimum Gasteiger partial charge on any atom is -0.410 e. The number of nitrogens with zero attached hydrogens (tertiary/aromatic N) is 1. The summed E-state index contributed by atoms with van der Waals surface area (Å²) in [5.74, 6) is 1.32. The molecule has 1 aromatic carbocycles. The molecule has 3 aliphatic rings. The number of carbonyl (C=O) groups is 1. The molecular weight excluding hydrogens is 288 g/mol. The molecule has 0 radical (unpaired) electrons. The second-order valence-electron chi connectivity index (χ2n) is 7.38. The van der Waals surface area contributed by atoms with Crippen LogP contribution in [0.25, 0.3) is 0 Å². The van der Waals surface area contributed by atoms with Crippen molar-refractivity contribution in [2.45, 2.75) is 44.6 Å². The Morgan fingerprint density at radius 3 is 2.65 bits per heavy atom. The third kappa shape index (κ3) is 2.74. The summed E-state index contributed by atoms with van der Waals surface area (Å²) in [6.07, 6.45) is 7.22. The maximum absolute atomic E-state index is 12.8. The zero-order chi connectivity index (χ0) is 15.7. The summed E-state index contributed by atoms with van der Waals surface area (Å²) in [6.45, 7) is 3.06. The van der Waals surface area contributed by atoms with Crippen molar-refractivity contribution < 1.29 is 9.53 Å². The number of likely N-dealkylation sites (tertiary alicyclic amines) is 1. The standard InChI is InChI=1S/C19H26N2O2/c22-18(23-15-6-2-1-3-7-15)21-14-19(10-12-20-13-11-19)16-8-4-5-9-17(16)21/h1-3,6-7,16-17,20H,4-5,8-14H2/t16-,17-/m0/s1. The Hall–Kier alpha value is -1.55. The molecule has 2 atom stereocenters. The Labute approximate surface area is 138 Å². The van der Waals surface area contributed by atoms with E-state index in [0.29, 0.717) is 23.1 Å². The van der Waals surface area contributed by atoms with Crippen LogP contribution in [0.4, 0.5) is 4.79 Å². The van der Waals surface area contributed by atoms with Gasteiger partial charge in [0.15, 0.2) is 0 Å². The summed E-state index contributed by atoms with van der Waals surface area (Å²) in [7, 11) is 0. The number of carbonyl (C=O) groups excluding carboxylic acids is 1. The maximum Gasteiger partial charge on any atom is 0.415 e. The summed E-state index contributed by atoms with van der Waals surface area (Å²) in [5, 5.41) is 3.48. The average Bonchev–Trinajstić information content (AvgIpc) is 2.91. The van der Waals surface area contributed by atoms with Crippen molar-refractivity contribution in [1.29, 1.82) is 0 Å². The SMILES string of the molecule is O=C(Oc1ccccc1)N1CC2(CCNCC2)[C@H]2CCCC[C@@H]21. The fourth-order valence-electron chi connectivity index (χ4n) is 5.07. The molecule has 1 spiro atoms. The molecular formula is C19H26N2O2. The molecule has 1 saturated carbocycles. The molecule has 1 aromatic rings. The number of rotatable bonds is 1. The monoisotopic (exact) mass is 314 g/mol. The van der Waals surface area contributed by atoms with Crippen molar-refractivity contribution in [2.75, 3.05) is 19.6 Å². The number of fused-ring (bicyclic) bond motifs is 2. The van der Waals surface area contributed by atoms with Gasteiger partial charge < -0.3 is 15.0 Å². The van der Waals surface area contributed by atoms with Gasteiger partial charge in [0, 0.05) is 12.6 Å². The van der Waals surface area contributed by atoms with Gasteiger partial charge in [0.05, 0.1) is 0 Å². The number of hydrogen-bond acceptors (Lipinski definition) is 3. The molecule has 124 valence electrons. The molecule has 2 heterocycles. The highest BCUT2D eigenvalue weighted by Gasteiger charge is 2.54. The molecule has 4 heteroatoms. The van der Waals surface area contributed by atoms with Gasteiger partial charge >= 0.3 is 6.09 Å². The molecule has 0 bridgehead atoms. The Balaban J connectivity index is 1.54. The molecule has 2 aliphatic heterocycles. The number of para-hydroxylation sites is 1. The van der Waals surface area contributed by atoms with Gasteiger partial charge in [-0.15, -0.1) is 0 Å². The van der Waals surface area contributed by atoms with Crippen LogP contribution in [0.2, 0.25) is 0 Å². The second-order valence-corrected chi connectivity index (χ2v) is 7.38. The summed E-state index contributed by atoms with van der Waals surface area (Å²) < 4.78 is 5.65. The summed E-state index contributed by atoms with van der Waals surface area (Å²) >= 11 is 0. The smallest absolute Gasteiger partial charge is 0.410 e. The average molecular weight is 314 g/mol. The highest BCUT2D eigenvalue weighted by molar-refractivity contribution is 5.71. The number of benzene rings is 1. The lowest BCUT2D eigenvalue weighted by atomic mass is 9.65. The van der Waals surface area contributed by atoms with Gasteiger partial charge in [-0.25, -0.2) is 4.79 Å². The lowest BCUT2D eigenvalue weighted by molar-refractivity contribution is 0.116. The largest absolute Gasteiger partial charge is 0.415 e. The molecule has 4 rings (SSSR count). The van der Waals surface area contributed by atoms with Gasteiger partial charge in [-0.05, 0) is 62.2 Å². The number of nitrogens with one attached hydrogen (secondary N) is 1. The first kappa shape index (κ1) is 15.0. The van der Waals surface area contributed by atoms with Crippen molar-refractivity contribution in [3.63, 3.8) is 0 Å². The molecule has 0 unspecified atom stereocenters. The van der Waals surface area contributed by atoms with Gasteiger partial charge in [0.25, 0.3) is 0 Å². The first-order valence-electron chi connectivity index (χ1n) is 9.03. The predicted molar refractivity (Wildman–Crippen MR) is 89.5 cm³/mol. The minimum atomic E-state index is -0.150. The Bertz CT molecular complexity index is 554. The van der Waals surface area contributed by atoms with E-state index in [1.54, 1.807) is 0 Å². The Morgan fingerprint density at radius 1 is 1.13 bits per heavy atom. The number of hydrogen-bond donors (Lipinski definition) is 1. The maximum atomic E-state index is 12.8. The minimum absolute atomic E-state index is 0.150. The van der Waals surface area contributed by atoms with E-state index in [-0.39, 0.29) is 6.09 Å². The van der Waals surface area contributed by atoms with Crippen molar-refractivity contribution >= 4 is 6.09 Å². The van der Waals surface area contributed by atoms with Gasteiger partial charge in [-0.1, -0.05) is 31.0 Å². The van der Waals surface area contributed by atoms with E-state index in [9.17, 15) is 4.79 Å². The normalized spacial score (nSPS) is 29.3. The molecule has 23 heavy (non-hydrogen) atoms. The van der Waals surface area contributed by atoms with Crippen LogP contribution in [0, 0.1) is 11.3 Å². The van der Waals surface area contributed by atoms with Crippen LogP contribution in [0.15, 0.2) is 30.3 Å². The lowest BCUT2D eigenvalue weighted by Crippen LogP contribution is -2.43. The predicted octanol–water partition coefficient (Wildman–Crippen LogP) is 3.43. The molecule has 1 N–H and O–H groups in total. The quantitative estimate of drug-likeness (QED) is 0.863. The molecule has 3 fully saturated rings.